The summed E-state index contributed by atoms with van der Waals surface area (Å²) in [7, 11) is 0. The topological polar surface area (TPSA) is 47.7 Å². The zero-order valence-corrected chi connectivity index (χ0v) is 10.2. The molecule has 0 saturated carbocycles. The molecule has 4 heteroatoms. The van der Waals surface area contributed by atoms with Gasteiger partial charge in [0.1, 0.15) is 0 Å². The molecule has 1 aliphatic heterocycles. The Morgan fingerprint density at radius 1 is 1.47 bits per heavy atom. The van der Waals surface area contributed by atoms with E-state index in [4.69, 9.17) is 15.2 Å². The van der Waals surface area contributed by atoms with Gasteiger partial charge in [-0.3, -0.25) is 4.90 Å². The van der Waals surface area contributed by atoms with E-state index in [-0.39, 0.29) is 11.9 Å². The van der Waals surface area contributed by atoms with Gasteiger partial charge in [-0.25, -0.2) is 0 Å². The van der Waals surface area contributed by atoms with E-state index in [1.807, 2.05) is 0 Å². The molecule has 1 atom stereocenters. The van der Waals surface area contributed by atoms with E-state index in [0.29, 0.717) is 0 Å². The van der Waals surface area contributed by atoms with Crippen molar-refractivity contribution < 1.29 is 9.47 Å². The van der Waals surface area contributed by atoms with Gasteiger partial charge in [-0.05, 0) is 40.3 Å². The van der Waals surface area contributed by atoms with E-state index in [0.717, 1.165) is 39.2 Å². The van der Waals surface area contributed by atoms with E-state index < -0.39 is 0 Å². The number of morpholine rings is 1. The van der Waals surface area contributed by atoms with Crippen LogP contribution in [0.3, 0.4) is 0 Å². The van der Waals surface area contributed by atoms with Crippen molar-refractivity contribution in [3.05, 3.63) is 0 Å². The second kappa shape index (κ2) is 5.80. The number of nitrogens with two attached hydrogens (primary N) is 1. The summed E-state index contributed by atoms with van der Waals surface area (Å²) in [6.07, 6.45) is 0.957. The third kappa shape index (κ3) is 5.47. The Bertz CT molecular complexity index is 180. The van der Waals surface area contributed by atoms with Gasteiger partial charge in [0.05, 0.1) is 12.2 Å². The summed E-state index contributed by atoms with van der Waals surface area (Å²) >= 11 is 0. The zero-order valence-electron chi connectivity index (χ0n) is 10.2. The predicted molar refractivity (Wildman–Crippen MR) is 60.7 cm³/mol. The summed E-state index contributed by atoms with van der Waals surface area (Å²) in [5.41, 5.74) is 5.36. The molecule has 15 heavy (non-hydrogen) atoms. The normalized spacial score (nSPS) is 24.4. The van der Waals surface area contributed by atoms with Crippen molar-refractivity contribution in [2.45, 2.75) is 39.1 Å². The Kier molecular flexibility index (Phi) is 4.99. The summed E-state index contributed by atoms with van der Waals surface area (Å²) in [4.78, 5) is 2.35. The lowest BCUT2D eigenvalue weighted by Gasteiger charge is -2.36. The van der Waals surface area contributed by atoms with Crippen molar-refractivity contribution in [3.8, 4) is 0 Å². The quantitative estimate of drug-likeness (QED) is 0.755. The highest BCUT2D eigenvalue weighted by Gasteiger charge is 2.24. The average Bonchev–Trinajstić information content (AvgIpc) is 2.12. The molecular weight excluding hydrogens is 192 g/mol. The monoisotopic (exact) mass is 216 g/mol. The Hall–Kier alpha value is -0.160. The van der Waals surface area contributed by atoms with Crippen LogP contribution in [-0.4, -0.2) is 49.6 Å². The lowest BCUT2D eigenvalue weighted by atomic mass is 10.2. The fourth-order valence-electron chi connectivity index (χ4n) is 1.65. The molecule has 1 rings (SSSR count). The van der Waals surface area contributed by atoms with Crippen LogP contribution in [0.5, 0.6) is 0 Å². The molecule has 0 aromatic carbocycles. The van der Waals surface area contributed by atoms with Gasteiger partial charge in [-0.15, -0.1) is 0 Å². The first-order valence-corrected chi connectivity index (χ1v) is 5.73. The molecule has 4 nitrogen and oxygen atoms in total. The molecule has 1 heterocycles. The SMILES string of the molecule is CC(C)(C)O[C@H]1CN(CCCN)CCO1. The van der Waals surface area contributed by atoms with Crippen LogP contribution in [0.2, 0.25) is 0 Å². The van der Waals surface area contributed by atoms with Crippen LogP contribution in [0.15, 0.2) is 0 Å². The first-order chi connectivity index (χ1) is 7.01. The second-order valence-electron chi connectivity index (χ2n) is 4.97. The fraction of sp³-hybridized carbons (Fsp3) is 1.00. The van der Waals surface area contributed by atoms with Crippen molar-refractivity contribution in [1.82, 2.24) is 4.90 Å². The molecule has 0 radical (unpaired) electrons. The lowest BCUT2D eigenvalue weighted by Crippen LogP contribution is -2.46. The average molecular weight is 216 g/mol. The molecule has 0 amide bonds. The molecule has 90 valence electrons. The molecule has 0 aliphatic carbocycles. The lowest BCUT2D eigenvalue weighted by molar-refractivity contribution is -0.221. The summed E-state index contributed by atoms with van der Waals surface area (Å²) in [6, 6.07) is 0. The minimum Gasteiger partial charge on any atom is -0.350 e. The summed E-state index contributed by atoms with van der Waals surface area (Å²) in [6.45, 7) is 10.6. The van der Waals surface area contributed by atoms with Gasteiger partial charge in [0.25, 0.3) is 0 Å². The summed E-state index contributed by atoms with van der Waals surface area (Å²) in [5.74, 6) is 0. The first-order valence-electron chi connectivity index (χ1n) is 5.73. The molecule has 0 bridgehead atoms. The highest BCUT2D eigenvalue weighted by molar-refractivity contribution is 4.69. The van der Waals surface area contributed by atoms with E-state index in [9.17, 15) is 0 Å². The van der Waals surface area contributed by atoms with Crippen molar-refractivity contribution in [2.75, 3.05) is 32.8 Å². The third-order valence-corrected chi connectivity index (χ3v) is 2.28. The summed E-state index contributed by atoms with van der Waals surface area (Å²) < 4.78 is 11.4. The van der Waals surface area contributed by atoms with Gasteiger partial charge in [-0.2, -0.15) is 0 Å². The van der Waals surface area contributed by atoms with Crippen molar-refractivity contribution in [1.29, 1.82) is 0 Å². The molecule has 0 unspecified atom stereocenters. The maximum atomic E-state index is 5.79. The van der Waals surface area contributed by atoms with Gasteiger partial charge in [0, 0.05) is 13.1 Å². The zero-order chi connectivity index (χ0) is 11.3. The minimum atomic E-state index is -0.137. The highest BCUT2D eigenvalue weighted by Crippen LogP contribution is 2.15. The predicted octanol–water partition coefficient (Wildman–Crippen LogP) is 0.809. The Morgan fingerprint density at radius 2 is 2.20 bits per heavy atom. The van der Waals surface area contributed by atoms with E-state index in [1.54, 1.807) is 0 Å². The Labute approximate surface area is 92.7 Å². The van der Waals surface area contributed by atoms with Crippen LogP contribution in [0, 0.1) is 0 Å². The summed E-state index contributed by atoms with van der Waals surface area (Å²) in [5, 5.41) is 0. The number of hydrogen-bond donors (Lipinski definition) is 1. The van der Waals surface area contributed by atoms with Gasteiger partial charge >= 0.3 is 0 Å². The molecule has 1 fully saturated rings. The maximum Gasteiger partial charge on any atom is 0.170 e. The minimum absolute atomic E-state index is 0.0866. The first kappa shape index (κ1) is 12.9. The van der Waals surface area contributed by atoms with Crippen LogP contribution in [0.25, 0.3) is 0 Å². The van der Waals surface area contributed by atoms with Crippen LogP contribution in [0.1, 0.15) is 27.2 Å². The molecule has 1 saturated heterocycles. The van der Waals surface area contributed by atoms with Crippen LogP contribution < -0.4 is 5.73 Å². The Morgan fingerprint density at radius 3 is 2.80 bits per heavy atom. The van der Waals surface area contributed by atoms with Crippen molar-refractivity contribution in [3.63, 3.8) is 0 Å². The molecule has 2 N–H and O–H groups in total. The van der Waals surface area contributed by atoms with E-state index >= 15 is 0 Å². The number of ether oxygens (including phenoxy) is 2. The molecular formula is C11H24N2O2. The number of hydrogen-bond acceptors (Lipinski definition) is 4. The fourth-order valence-corrected chi connectivity index (χ4v) is 1.65. The molecule has 0 aromatic heterocycles. The number of rotatable bonds is 4. The smallest absolute Gasteiger partial charge is 0.170 e. The van der Waals surface area contributed by atoms with Crippen LogP contribution >= 0.6 is 0 Å². The van der Waals surface area contributed by atoms with Gasteiger partial charge < -0.3 is 15.2 Å². The molecule has 1 aliphatic rings. The van der Waals surface area contributed by atoms with Crippen molar-refractivity contribution >= 4 is 0 Å². The van der Waals surface area contributed by atoms with Gasteiger partial charge in [0.2, 0.25) is 0 Å². The van der Waals surface area contributed by atoms with E-state index in [1.165, 1.54) is 0 Å². The van der Waals surface area contributed by atoms with Gasteiger partial charge in [0.15, 0.2) is 6.29 Å². The largest absolute Gasteiger partial charge is 0.350 e. The van der Waals surface area contributed by atoms with Crippen molar-refractivity contribution in [2.24, 2.45) is 5.73 Å². The molecule has 0 aromatic rings. The highest BCUT2D eigenvalue weighted by atomic mass is 16.7. The van der Waals surface area contributed by atoms with Gasteiger partial charge in [-0.1, -0.05) is 0 Å². The standard InChI is InChI=1S/C11H24N2O2/c1-11(2,3)15-10-9-13(6-4-5-12)7-8-14-10/h10H,4-9,12H2,1-3H3/t10-/m0/s1. The molecule has 0 spiro atoms. The van der Waals surface area contributed by atoms with E-state index in [2.05, 4.69) is 25.7 Å². The number of nitrogens with zero attached hydrogens (tertiary/aromatic N) is 1. The second-order valence-corrected chi connectivity index (χ2v) is 4.97. The van der Waals surface area contributed by atoms with Crippen LogP contribution in [0.4, 0.5) is 0 Å². The maximum absolute atomic E-state index is 5.79. The Balaban J connectivity index is 2.29. The third-order valence-electron chi connectivity index (χ3n) is 2.28. The van der Waals surface area contributed by atoms with Crippen LogP contribution in [-0.2, 0) is 9.47 Å².